The fourth-order valence-electron chi connectivity index (χ4n) is 4.97. The lowest BCUT2D eigenvalue weighted by molar-refractivity contribution is -0.118. The summed E-state index contributed by atoms with van der Waals surface area (Å²) in [7, 11) is -1.90. The minimum atomic E-state index is -1.90. The Morgan fingerprint density at radius 2 is 1.50 bits per heavy atom. The van der Waals surface area contributed by atoms with Gasteiger partial charge in [-0.05, 0) is 104 Å². The van der Waals surface area contributed by atoms with Gasteiger partial charge in [-0.2, -0.15) is 0 Å². The van der Waals surface area contributed by atoms with E-state index in [0.717, 1.165) is 49.0 Å². The van der Waals surface area contributed by atoms with E-state index in [1.165, 1.54) is 16.7 Å². The maximum absolute atomic E-state index is 12.6. The summed E-state index contributed by atoms with van der Waals surface area (Å²) in [6.45, 7) is 22.4. The van der Waals surface area contributed by atoms with E-state index < -0.39 is 8.32 Å². The molecule has 1 fully saturated rings. The molecule has 0 spiro atoms. The van der Waals surface area contributed by atoms with Crippen molar-refractivity contribution in [3.8, 4) is 17.6 Å². The Morgan fingerprint density at radius 1 is 0.944 bits per heavy atom. The van der Waals surface area contributed by atoms with Crippen molar-refractivity contribution in [2.45, 2.75) is 111 Å². The minimum Gasteiger partial charge on any atom is -0.543 e. The van der Waals surface area contributed by atoms with Crippen molar-refractivity contribution in [1.29, 1.82) is 0 Å². The van der Waals surface area contributed by atoms with E-state index in [1.807, 2.05) is 0 Å². The number of Topliss-reactive ketones (excluding diaryl/α,β-unsaturated/α-hetero) is 1. The van der Waals surface area contributed by atoms with Gasteiger partial charge < -0.3 is 4.43 Å². The van der Waals surface area contributed by atoms with Gasteiger partial charge in [-0.3, -0.25) is 4.79 Å². The van der Waals surface area contributed by atoms with Crippen molar-refractivity contribution < 1.29 is 9.22 Å². The topological polar surface area (TPSA) is 26.3 Å². The molecule has 0 aromatic heterocycles. The van der Waals surface area contributed by atoms with Crippen LogP contribution in [0, 0.1) is 31.1 Å². The first-order chi connectivity index (χ1) is 16.7. The van der Waals surface area contributed by atoms with Gasteiger partial charge in [-0.15, -0.1) is 0 Å². The maximum atomic E-state index is 12.6. The standard InChI is InChI=1S/C33H46O2Si/c1-11-32(20-21-32)30(34)19-15-26-14-16-27(22-24(26)4)33(12-2,13-3)28-17-18-29(25(5)23-28)35-36(9,10)31(6,7)8/h14,16-18,22-23H,11-13,20-21H2,1-10H3. The first kappa shape index (κ1) is 28.3. The smallest absolute Gasteiger partial charge is 0.250 e. The largest absolute Gasteiger partial charge is 0.543 e. The predicted octanol–water partition coefficient (Wildman–Crippen LogP) is 8.90. The zero-order valence-corrected chi connectivity index (χ0v) is 25.3. The van der Waals surface area contributed by atoms with Gasteiger partial charge in [0.25, 0.3) is 0 Å². The zero-order valence-electron chi connectivity index (χ0n) is 24.3. The van der Waals surface area contributed by atoms with Crippen LogP contribution in [-0.2, 0) is 10.2 Å². The summed E-state index contributed by atoms with van der Waals surface area (Å²) in [5.74, 6) is 7.26. The molecule has 194 valence electrons. The Bertz CT molecular complexity index is 1180. The minimum absolute atomic E-state index is 0.0763. The Labute approximate surface area is 221 Å². The average Bonchev–Trinajstić information content (AvgIpc) is 3.62. The van der Waals surface area contributed by atoms with Gasteiger partial charge >= 0.3 is 0 Å². The van der Waals surface area contributed by atoms with Crippen LogP contribution in [0.1, 0.15) is 101 Å². The molecular weight excluding hydrogens is 456 g/mol. The van der Waals surface area contributed by atoms with Crippen LogP contribution >= 0.6 is 0 Å². The Balaban J connectivity index is 1.94. The van der Waals surface area contributed by atoms with Crippen molar-refractivity contribution >= 4 is 14.1 Å². The van der Waals surface area contributed by atoms with E-state index in [-0.39, 0.29) is 21.7 Å². The first-order valence-electron chi connectivity index (χ1n) is 13.7. The highest BCUT2D eigenvalue weighted by molar-refractivity contribution is 6.74. The van der Waals surface area contributed by atoms with Gasteiger partial charge in [0.2, 0.25) is 14.1 Å². The van der Waals surface area contributed by atoms with Crippen LogP contribution in [0.5, 0.6) is 5.75 Å². The molecule has 2 aromatic carbocycles. The van der Waals surface area contributed by atoms with Gasteiger partial charge in [-0.25, -0.2) is 0 Å². The molecule has 36 heavy (non-hydrogen) atoms. The normalized spacial score (nSPS) is 15.2. The Hall–Kier alpha value is -2.31. The molecule has 0 atom stereocenters. The highest BCUT2D eigenvalue weighted by Crippen LogP contribution is 2.49. The van der Waals surface area contributed by atoms with Crippen LogP contribution in [0.2, 0.25) is 18.1 Å². The molecule has 0 radical (unpaired) electrons. The number of aryl methyl sites for hydroxylation is 2. The summed E-state index contributed by atoms with van der Waals surface area (Å²) in [5.41, 5.74) is 5.70. The molecule has 0 saturated heterocycles. The second-order valence-corrected chi connectivity index (χ2v) is 17.1. The maximum Gasteiger partial charge on any atom is 0.250 e. The summed E-state index contributed by atoms with van der Waals surface area (Å²) in [4.78, 5) is 12.6. The van der Waals surface area contributed by atoms with Crippen molar-refractivity contribution in [1.82, 2.24) is 0 Å². The molecule has 1 aliphatic rings. The molecular formula is C33H46O2Si. The van der Waals surface area contributed by atoms with Crippen molar-refractivity contribution in [3.63, 3.8) is 0 Å². The van der Waals surface area contributed by atoms with Crippen molar-refractivity contribution in [2.24, 2.45) is 5.41 Å². The van der Waals surface area contributed by atoms with Crippen LogP contribution in [0.25, 0.3) is 0 Å². The van der Waals surface area contributed by atoms with Crippen LogP contribution in [0.3, 0.4) is 0 Å². The number of rotatable bonds is 8. The first-order valence-corrected chi connectivity index (χ1v) is 16.6. The van der Waals surface area contributed by atoms with Crippen LogP contribution in [0.15, 0.2) is 36.4 Å². The highest BCUT2D eigenvalue weighted by atomic mass is 28.4. The van der Waals surface area contributed by atoms with E-state index in [9.17, 15) is 4.79 Å². The summed E-state index contributed by atoms with van der Waals surface area (Å²) >= 11 is 0. The van der Waals surface area contributed by atoms with Gasteiger partial charge in [0, 0.05) is 16.4 Å². The molecule has 0 heterocycles. The van der Waals surface area contributed by atoms with E-state index in [4.69, 9.17) is 4.43 Å². The molecule has 2 nitrogen and oxygen atoms in total. The molecule has 0 bridgehead atoms. The third-order valence-corrected chi connectivity index (χ3v) is 13.6. The summed E-state index contributed by atoms with van der Waals surface area (Å²) in [6.07, 6.45) is 4.89. The van der Waals surface area contributed by atoms with Gasteiger partial charge in [0.15, 0.2) is 0 Å². The summed E-state index contributed by atoms with van der Waals surface area (Å²) in [5, 5.41) is 0.164. The highest BCUT2D eigenvalue weighted by Gasteiger charge is 2.47. The zero-order chi connectivity index (χ0) is 26.9. The van der Waals surface area contributed by atoms with E-state index in [0.29, 0.717) is 0 Å². The molecule has 0 unspecified atom stereocenters. The summed E-state index contributed by atoms with van der Waals surface area (Å²) in [6, 6.07) is 13.4. The average molecular weight is 503 g/mol. The monoisotopic (exact) mass is 502 g/mol. The lowest BCUT2D eigenvalue weighted by Crippen LogP contribution is -2.44. The number of carbonyl (C=O) groups is 1. The molecule has 0 N–H and O–H groups in total. The van der Waals surface area contributed by atoms with Crippen molar-refractivity contribution in [2.75, 3.05) is 0 Å². The van der Waals surface area contributed by atoms with Crippen LogP contribution < -0.4 is 4.43 Å². The number of ketones is 1. The van der Waals surface area contributed by atoms with Crippen LogP contribution in [0.4, 0.5) is 0 Å². The van der Waals surface area contributed by atoms with Gasteiger partial charge in [0.05, 0.1) is 0 Å². The van der Waals surface area contributed by atoms with E-state index in [1.54, 1.807) is 0 Å². The fraction of sp³-hybridized carbons (Fsp3) is 0.545. The van der Waals surface area contributed by atoms with Gasteiger partial charge in [0.1, 0.15) is 5.75 Å². The third kappa shape index (κ3) is 5.35. The second-order valence-electron chi connectivity index (χ2n) is 12.4. The SMILES string of the molecule is CCC1(C(=O)C#Cc2ccc(C(CC)(CC)c3ccc(O[Si](C)(C)C(C)(C)C)c(C)c3)cc2C)CC1. The number of benzene rings is 2. The quantitative estimate of drug-likeness (QED) is 0.266. The van der Waals surface area contributed by atoms with Crippen LogP contribution in [-0.4, -0.2) is 14.1 Å². The predicted molar refractivity (Wildman–Crippen MR) is 155 cm³/mol. The number of hydrogen-bond donors (Lipinski definition) is 0. The molecule has 1 aliphatic carbocycles. The Kier molecular flexibility index (Phi) is 8.02. The third-order valence-electron chi connectivity index (χ3n) is 9.21. The Morgan fingerprint density at radius 3 is 1.94 bits per heavy atom. The molecule has 0 amide bonds. The lowest BCUT2D eigenvalue weighted by Gasteiger charge is -2.38. The molecule has 2 aromatic rings. The number of hydrogen-bond acceptors (Lipinski definition) is 2. The number of carbonyl (C=O) groups excluding carboxylic acids is 1. The van der Waals surface area contributed by atoms with E-state index in [2.05, 4.69) is 117 Å². The lowest BCUT2D eigenvalue weighted by atomic mass is 9.70. The van der Waals surface area contributed by atoms with Crippen molar-refractivity contribution in [3.05, 3.63) is 64.2 Å². The molecule has 1 saturated carbocycles. The fourth-order valence-corrected chi connectivity index (χ4v) is 6.06. The molecule has 3 rings (SSSR count). The van der Waals surface area contributed by atoms with Gasteiger partial charge in [-0.1, -0.05) is 71.7 Å². The second kappa shape index (κ2) is 10.2. The van der Waals surface area contributed by atoms with E-state index >= 15 is 0 Å². The molecule has 3 heteroatoms. The molecule has 0 aliphatic heterocycles. The summed E-state index contributed by atoms with van der Waals surface area (Å²) < 4.78 is 6.65.